The molecule has 9 nitrogen and oxygen atoms in total. The minimum absolute atomic E-state index is 0. The van der Waals surface area contributed by atoms with Crippen LogP contribution in [0.4, 0.5) is 11.4 Å². The van der Waals surface area contributed by atoms with Crippen LogP contribution in [0.3, 0.4) is 0 Å². The Bertz CT molecular complexity index is 1330. The molecule has 3 aromatic rings. The summed E-state index contributed by atoms with van der Waals surface area (Å²) in [6.45, 7) is 4.03. The molecule has 0 spiro atoms. The number of piperazine rings is 1. The van der Waals surface area contributed by atoms with Crippen molar-refractivity contribution in [1.82, 2.24) is 21.1 Å². The van der Waals surface area contributed by atoms with E-state index in [1.807, 2.05) is 36.4 Å². The fourth-order valence-electron chi connectivity index (χ4n) is 4.63. The van der Waals surface area contributed by atoms with Crippen molar-refractivity contribution in [1.29, 1.82) is 0 Å². The van der Waals surface area contributed by atoms with Crippen molar-refractivity contribution >= 4 is 39.7 Å². The fourth-order valence-corrected chi connectivity index (χ4v) is 5.70. The molecule has 0 radical (unpaired) electrons. The average molecular weight is 557 g/mol. The van der Waals surface area contributed by atoms with Crippen molar-refractivity contribution in [3.05, 3.63) is 90.0 Å². The van der Waals surface area contributed by atoms with Crippen molar-refractivity contribution in [2.24, 2.45) is 0 Å². The number of amides is 1. The molecule has 202 valence electrons. The van der Waals surface area contributed by atoms with Gasteiger partial charge >= 0.3 is 0 Å². The smallest absolute Gasteiger partial charge is 0.261 e. The predicted octanol–water partition coefficient (Wildman–Crippen LogP) is 2.96. The second kappa shape index (κ2) is 12.1. The highest BCUT2D eigenvalue weighted by molar-refractivity contribution is 7.92. The van der Waals surface area contributed by atoms with Gasteiger partial charge in [0.1, 0.15) is 0 Å². The van der Waals surface area contributed by atoms with E-state index in [1.54, 1.807) is 42.5 Å². The number of hydrogen-bond donors (Lipinski definition) is 4. The molecule has 38 heavy (non-hydrogen) atoms. The van der Waals surface area contributed by atoms with E-state index < -0.39 is 10.0 Å². The molecule has 4 N–H and O–H groups in total. The molecule has 2 aliphatic rings. The highest BCUT2D eigenvalue weighted by Gasteiger charge is 2.27. The van der Waals surface area contributed by atoms with Crippen LogP contribution in [0, 0.1) is 0 Å². The van der Waals surface area contributed by atoms with Gasteiger partial charge in [0.05, 0.1) is 11.1 Å². The van der Waals surface area contributed by atoms with Crippen LogP contribution in [0.1, 0.15) is 28.4 Å². The summed E-state index contributed by atoms with van der Waals surface area (Å²) in [5.41, 5.74) is 9.48. The summed E-state index contributed by atoms with van der Waals surface area (Å²) in [6.07, 6.45) is 0.347. The molecular weight excluding hydrogens is 524 g/mol. The number of hydrazine groups is 1. The lowest BCUT2D eigenvalue weighted by molar-refractivity contribution is 0.0932. The maximum Gasteiger partial charge on any atom is 0.261 e. The first-order valence-corrected chi connectivity index (χ1v) is 13.9. The van der Waals surface area contributed by atoms with Crippen LogP contribution in [-0.2, 0) is 10.0 Å². The van der Waals surface area contributed by atoms with Crippen molar-refractivity contribution in [3.8, 4) is 0 Å². The summed E-state index contributed by atoms with van der Waals surface area (Å²) in [7, 11) is -1.54. The first-order chi connectivity index (χ1) is 17.9. The fraction of sp³-hybridized carbons (Fsp3) is 0.296. The molecule has 0 aliphatic carbocycles. The van der Waals surface area contributed by atoms with E-state index >= 15 is 0 Å². The number of anilines is 2. The summed E-state index contributed by atoms with van der Waals surface area (Å²) in [5.74, 6) is -0.144. The molecule has 3 aromatic carbocycles. The highest BCUT2D eigenvalue weighted by Crippen LogP contribution is 2.25. The Morgan fingerprint density at radius 1 is 0.895 bits per heavy atom. The van der Waals surface area contributed by atoms with Gasteiger partial charge in [0.15, 0.2) is 0 Å². The van der Waals surface area contributed by atoms with E-state index in [2.05, 4.69) is 37.7 Å². The van der Waals surface area contributed by atoms with Crippen LogP contribution in [0.2, 0.25) is 0 Å². The van der Waals surface area contributed by atoms with E-state index in [1.165, 1.54) is 0 Å². The monoisotopic (exact) mass is 556 g/mol. The number of benzene rings is 3. The third-order valence-corrected chi connectivity index (χ3v) is 8.20. The van der Waals surface area contributed by atoms with E-state index in [4.69, 9.17) is 0 Å². The minimum Gasteiger partial charge on any atom is -0.369 e. The van der Waals surface area contributed by atoms with Crippen molar-refractivity contribution in [2.45, 2.75) is 23.5 Å². The second-order valence-electron chi connectivity index (χ2n) is 9.48. The highest BCUT2D eigenvalue weighted by atomic mass is 35.5. The molecule has 2 saturated heterocycles. The number of nitrogens with one attached hydrogen (secondary N) is 4. The molecule has 2 unspecified atom stereocenters. The first-order valence-electron chi connectivity index (χ1n) is 12.4. The van der Waals surface area contributed by atoms with Gasteiger partial charge in [-0.25, -0.2) is 19.3 Å². The Morgan fingerprint density at radius 2 is 1.61 bits per heavy atom. The van der Waals surface area contributed by atoms with Gasteiger partial charge in [-0.2, -0.15) is 0 Å². The maximum atomic E-state index is 12.8. The van der Waals surface area contributed by atoms with Crippen LogP contribution in [0.25, 0.3) is 0 Å². The zero-order chi connectivity index (χ0) is 25.8. The standard InChI is InChI=1S/C27H32N6O3S.ClH/c1-32-14-16-33(17-15-32)23-12-10-20(11-13-23)27(34)28-26-19-25(29-30-26)21-6-5-7-22(18-21)31-37(35,36)24-8-3-2-4-9-24;/h2-13,18,25-26,29-31H,14-17,19H2,1H3,(H,28,34);1H. The molecule has 0 bridgehead atoms. The van der Waals surface area contributed by atoms with Crippen LogP contribution in [0.5, 0.6) is 0 Å². The number of hydrogen-bond acceptors (Lipinski definition) is 7. The summed E-state index contributed by atoms with van der Waals surface area (Å²) >= 11 is 0. The lowest BCUT2D eigenvalue weighted by atomic mass is 10.0. The van der Waals surface area contributed by atoms with Crippen LogP contribution < -0.4 is 25.8 Å². The number of carbonyl (C=O) groups is 1. The van der Waals surface area contributed by atoms with E-state index in [9.17, 15) is 13.2 Å². The van der Waals surface area contributed by atoms with Gasteiger partial charge in [0.25, 0.3) is 15.9 Å². The molecule has 2 heterocycles. The van der Waals surface area contributed by atoms with Crippen LogP contribution in [-0.4, -0.2) is 58.6 Å². The van der Waals surface area contributed by atoms with Gasteiger partial charge in [-0.1, -0.05) is 30.3 Å². The maximum absolute atomic E-state index is 12.8. The number of sulfonamides is 1. The van der Waals surface area contributed by atoms with Gasteiger partial charge in [-0.05, 0) is 61.1 Å². The Morgan fingerprint density at radius 3 is 2.32 bits per heavy atom. The molecular formula is C27H33ClN6O3S. The van der Waals surface area contributed by atoms with E-state index in [0.717, 1.165) is 37.4 Å². The predicted molar refractivity (Wildman–Crippen MR) is 152 cm³/mol. The third-order valence-electron chi connectivity index (χ3n) is 6.80. The molecule has 2 aliphatic heterocycles. The van der Waals surface area contributed by atoms with Gasteiger partial charge in [0, 0.05) is 55.6 Å². The average Bonchev–Trinajstić information content (AvgIpc) is 3.38. The molecule has 2 atom stereocenters. The van der Waals surface area contributed by atoms with Gasteiger partial charge < -0.3 is 15.1 Å². The number of likely N-dealkylation sites (N-methyl/N-ethyl adjacent to an activating group) is 1. The van der Waals surface area contributed by atoms with E-state index in [-0.39, 0.29) is 35.4 Å². The summed E-state index contributed by atoms with van der Waals surface area (Å²) in [6, 6.07) is 23.2. The van der Waals surface area contributed by atoms with E-state index in [0.29, 0.717) is 17.7 Å². The summed E-state index contributed by atoms with van der Waals surface area (Å²) in [4.78, 5) is 17.7. The lowest BCUT2D eigenvalue weighted by Crippen LogP contribution is -2.44. The number of rotatable bonds is 7. The van der Waals surface area contributed by atoms with Crippen LogP contribution >= 0.6 is 12.4 Å². The van der Waals surface area contributed by atoms with Crippen molar-refractivity contribution in [2.75, 3.05) is 42.8 Å². The SMILES string of the molecule is CN1CCN(c2ccc(C(=O)NC3CC(c4cccc(NS(=O)(=O)c5ccccc5)c4)NN3)cc2)CC1.Cl. The lowest BCUT2D eigenvalue weighted by Gasteiger charge is -2.34. The second-order valence-corrected chi connectivity index (χ2v) is 11.2. The van der Waals surface area contributed by atoms with Gasteiger partial charge in [-0.3, -0.25) is 9.52 Å². The Hall–Kier alpha value is -3.15. The normalized spacial score (nSPS) is 20.0. The Kier molecular flexibility index (Phi) is 8.91. The topological polar surface area (TPSA) is 106 Å². The van der Waals surface area contributed by atoms with Crippen molar-refractivity contribution in [3.63, 3.8) is 0 Å². The molecule has 1 amide bonds. The summed E-state index contributed by atoms with van der Waals surface area (Å²) < 4.78 is 28.0. The van der Waals surface area contributed by atoms with Crippen LogP contribution in [0.15, 0.2) is 83.8 Å². The Balaban J connectivity index is 0.00000336. The molecule has 11 heteroatoms. The number of halogens is 1. The quantitative estimate of drug-likeness (QED) is 0.354. The summed E-state index contributed by atoms with van der Waals surface area (Å²) in [5, 5.41) is 3.03. The van der Waals surface area contributed by atoms with Gasteiger partial charge in [-0.15, -0.1) is 12.4 Å². The molecule has 2 fully saturated rings. The third kappa shape index (κ3) is 6.64. The Labute approximate surface area is 230 Å². The zero-order valence-electron chi connectivity index (χ0n) is 21.1. The van der Waals surface area contributed by atoms with Crippen molar-refractivity contribution < 1.29 is 13.2 Å². The number of carbonyl (C=O) groups excluding carboxylic acids is 1. The molecule has 5 rings (SSSR count). The minimum atomic E-state index is -3.67. The zero-order valence-corrected chi connectivity index (χ0v) is 22.8. The molecule has 0 aromatic heterocycles. The molecule has 0 saturated carbocycles. The number of nitrogens with zero attached hydrogens (tertiary/aromatic N) is 2. The first kappa shape index (κ1) is 27.9. The largest absolute Gasteiger partial charge is 0.369 e. The van der Waals surface area contributed by atoms with Gasteiger partial charge in [0.2, 0.25) is 0 Å².